The first kappa shape index (κ1) is 19.7. The highest BCUT2D eigenvalue weighted by Gasteiger charge is 2.36. The van der Waals surface area contributed by atoms with Crippen LogP contribution in [0.4, 0.5) is 4.39 Å². The van der Waals surface area contributed by atoms with Crippen LogP contribution in [0.15, 0.2) is 39.5 Å². The van der Waals surface area contributed by atoms with Gasteiger partial charge in [0, 0.05) is 29.7 Å². The third-order valence-electron chi connectivity index (χ3n) is 5.59. The maximum Gasteiger partial charge on any atom is 0.197 e. The summed E-state index contributed by atoms with van der Waals surface area (Å²) in [6, 6.07) is 5.95. The van der Waals surface area contributed by atoms with Crippen molar-refractivity contribution in [1.82, 2.24) is 4.90 Å². The Bertz CT molecular complexity index is 1140. The molecule has 1 aromatic heterocycles. The molecule has 3 N–H and O–H groups in total. The summed E-state index contributed by atoms with van der Waals surface area (Å²) in [5, 5.41) is 30.6. The molecule has 152 valence electrons. The first-order chi connectivity index (χ1) is 13.8. The fourth-order valence-corrected chi connectivity index (χ4v) is 4.40. The summed E-state index contributed by atoms with van der Waals surface area (Å²) in [6.07, 6.45) is 0.601. The van der Waals surface area contributed by atoms with Gasteiger partial charge in [0.2, 0.25) is 0 Å². The molecular formula is C21H19ClFNO5. The molecule has 0 aliphatic carbocycles. The van der Waals surface area contributed by atoms with E-state index in [0.717, 1.165) is 12.1 Å². The minimum atomic E-state index is -0.667. The van der Waals surface area contributed by atoms with Crippen molar-refractivity contribution in [1.29, 1.82) is 0 Å². The average Bonchev–Trinajstić information content (AvgIpc) is 3.01. The van der Waals surface area contributed by atoms with Crippen LogP contribution in [-0.2, 0) is 0 Å². The van der Waals surface area contributed by atoms with Crippen molar-refractivity contribution in [2.45, 2.75) is 18.4 Å². The molecule has 1 aliphatic heterocycles. The second-order valence-corrected chi connectivity index (χ2v) is 7.64. The Morgan fingerprint density at radius 3 is 2.72 bits per heavy atom. The predicted molar refractivity (Wildman–Crippen MR) is 107 cm³/mol. The summed E-state index contributed by atoms with van der Waals surface area (Å²) in [5.41, 5.74) is -0.411. The zero-order valence-electron chi connectivity index (χ0n) is 15.5. The van der Waals surface area contributed by atoms with E-state index in [1.54, 1.807) is 0 Å². The number of aliphatic hydroxyl groups is 1. The number of phenolic OH excluding ortho intramolecular Hbond substituents is 2. The molecule has 29 heavy (non-hydrogen) atoms. The van der Waals surface area contributed by atoms with E-state index in [-0.39, 0.29) is 51.6 Å². The number of hydrogen-bond acceptors (Lipinski definition) is 6. The number of fused-ring (bicyclic) bond motifs is 1. The fourth-order valence-electron chi connectivity index (χ4n) is 4.15. The van der Waals surface area contributed by atoms with Gasteiger partial charge in [-0.25, -0.2) is 4.39 Å². The second-order valence-electron chi connectivity index (χ2n) is 7.23. The summed E-state index contributed by atoms with van der Waals surface area (Å²) in [5.74, 6) is -1.81. The monoisotopic (exact) mass is 419 g/mol. The Kier molecular flexibility index (Phi) is 4.98. The molecular weight excluding hydrogens is 401 g/mol. The van der Waals surface area contributed by atoms with E-state index in [9.17, 15) is 24.5 Å². The van der Waals surface area contributed by atoms with Crippen LogP contribution in [-0.4, -0.2) is 46.5 Å². The standard InChI is InChI=1S/C21H19ClFNO5/c1-24-6-5-10(13(24)9-25)18-14(26)7-15(27)20-16(28)8-17(29-21(18)20)19-11(22)3-2-4-12(19)23/h2-4,7-8,10,13,25-27H,5-6,9H2,1H3/t10-,13+/m0/s1. The summed E-state index contributed by atoms with van der Waals surface area (Å²) >= 11 is 6.12. The lowest BCUT2D eigenvalue weighted by Crippen LogP contribution is -2.32. The molecule has 2 atom stereocenters. The molecule has 0 unspecified atom stereocenters. The lowest BCUT2D eigenvalue weighted by Gasteiger charge is -2.24. The van der Waals surface area contributed by atoms with Crippen molar-refractivity contribution in [3.05, 3.63) is 57.0 Å². The first-order valence-corrected chi connectivity index (χ1v) is 9.49. The number of rotatable bonds is 3. The fraction of sp³-hybridized carbons (Fsp3) is 0.286. The summed E-state index contributed by atoms with van der Waals surface area (Å²) in [4.78, 5) is 14.7. The summed E-state index contributed by atoms with van der Waals surface area (Å²) in [7, 11) is 1.85. The highest BCUT2D eigenvalue weighted by atomic mass is 35.5. The Labute approximate surface area is 170 Å². The molecule has 0 bridgehead atoms. The Hall–Kier alpha value is -2.61. The molecule has 1 aliphatic rings. The van der Waals surface area contributed by atoms with Crippen LogP contribution in [0.25, 0.3) is 22.3 Å². The quantitative estimate of drug-likeness (QED) is 0.602. The molecule has 4 rings (SSSR count). The summed E-state index contributed by atoms with van der Waals surface area (Å²) < 4.78 is 20.3. The van der Waals surface area contributed by atoms with Gasteiger partial charge in [-0.15, -0.1) is 0 Å². The smallest absolute Gasteiger partial charge is 0.197 e. The van der Waals surface area contributed by atoms with Gasteiger partial charge in [0.05, 0.1) is 17.2 Å². The molecule has 6 nitrogen and oxygen atoms in total. The van der Waals surface area contributed by atoms with E-state index in [1.165, 1.54) is 18.2 Å². The van der Waals surface area contributed by atoms with Crippen molar-refractivity contribution in [3.63, 3.8) is 0 Å². The second kappa shape index (κ2) is 7.33. The Morgan fingerprint density at radius 1 is 1.28 bits per heavy atom. The topological polar surface area (TPSA) is 94.1 Å². The lowest BCUT2D eigenvalue weighted by molar-refractivity contribution is 0.172. The van der Waals surface area contributed by atoms with E-state index in [4.69, 9.17) is 16.0 Å². The van der Waals surface area contributed by atoms with E-state index in [1.807, 2.05) is 11.9 Å². The molecule has 0 radical (unpaired) electrons. The van der Waals surface area contributed by atoms with Gasteiger partial charge in [0.1, 0.15) is 34.0 Å². The zero-order chi connectivity index (χ0) is 20.9. The van der Waals surface area contributed by atoms with Crippen LogP contribution in [0.5, 0.6) is 11.5 Å². The number of benzene rings is 2. The normalized spacial score (nSPS) is 19.9. The van der Waals surface area contributed by atoms with Crippen LogP contribution >= 0.6 is 11.6 Å². The van der Waals surface area contributed by atoms with Crippen molar-refractivity contribution in [3.8, 4) is 22.8 Å². The van der Waals surface area contributed by atoms with E-state index in [2.05, 4.69) is 0 Å². The summed E-state index contributed by atoms with van der Waals surface area (Å²) in [6.45, 7) is 0.507. The largest absolute Gasteiger partial charge is 0.507 e. The third kappa shape index (κ3) is 3.15. The molecule has 0 saturated carbocycles. The highest BCUT2D eigenvalue weighted by Crippen LogP contribution is 2.44. The zero-order valence-corrected chi connectivity index (χ0v) is 16.3. The molecule has 1 saturated heterocycles. The molecule has 1 fully saturated rings. The van der Waals surface area contributed by atoms with E-state index in [0.29, 0.717) is 18.5 Å². The number of aromatic hydroxyl groups is 2. The van der Waals surface area contributed by atoms with Gasteiger partial charge in [-0.3, -0.25) is 4.79 Å². The van der Waals surface area contributed by atoms with Gasteiger partial charge in [-0.2, -0.15) is 0 Å². The number of aliphatic hydroxyl groups excluding tert-OH is 1. The van der Waals surface area contributed by atoms with Crippen molar-refractivity contribution in [2.24, 2.45) is 0 Å². The predicted octanol–water partition coefficient (Wildman–Crippen LogP) is 3.44. The number of hydrogen-bond donors (Lipinski definition) is 3. The lowest BCUT2D eigenvalue weighted by atomic mass is 9.89. The van der Waals surface area contributed by atoms with Crippen LogP contribution in [0.1, 0.15) is 17.9 Å². The molecule has 0 spiro atoms. The van der Waals surface area contributed by atoms with Crippen LogP contribution < -0.4 is 5.43 Å². The van der Waals surface area contributed by atoms with Crippen LogP contribution in [0.3, 0.4) is 0 Å². The molecule has 8 heteroatoms. The number of nitrogens with zero attached hydrogens (tertiary/aromatic N) is 1. The molecule has 3 aromatic rings. The number of halogens is 2. The Balaban J connectivity index is 2.05. The van der Waals surface area contributed by atoms with Gasteiger partial charge < -0.3 is 24.6 Å². The SMILES string of the molecule is CN1CC[C@H](c2c(O)cc(O)c3c(=O)cc(-c4c(F)cccc4Cl)oc23)[C@H]1CO. The van der Waals surface area contributed by atoms with Gasteiger partial charge in [-0.05, 0) is 32.1 Å². The van der Waals surface area contributed by atoms with Gasteiger partial charge in [0.25, 0.3) is 0 Å². The maximum atomic E-state index is 14.4. The first-order valence-electron chi connectivity index (χ1n) is 9.11. The number of likely N-dealkylation sites (tertiary alicyclic amines) is 1. The van der Waals surface area contributed by atoms with Crippen molar-refractivity contribution in [2.75, 3.05) is 20.2 Å². The van der Waals surface area contributed by atoms with Gasteiger partial charge in [-0.1, -0.05) is 17.7 Å². The van der Waals surface area contributed by atoms with Gasteiger partial charge >= 0.3 is 0 Å². The van der Waals surface area contributed by atoms with Crippen molar-refractivity contribution < 1.29 is 24.1 Å². The Morgan fingerprint density at radius 2 is 2.03 bits per heavy atom. The van der Waals surface area contributed by atoms with E-state index < -0.39 is 17.0 Å². The molecule has 2 heterocycles. The highest BCUT2D eigenvalue weighted by molar-refractivity contribution is 6.33. The average molecular weight is 420 g/mol. The van der Waals surface area contributed by atoms with E-state index >= 15 is 0 Å². The van der Waals surface area contributed by atoms with Gasteiger partial charge in [0.15, 0.2) is 5.43 Å². The third-order valence-corrected chi connectivity index (χ3v) is 5.90. The minimum Gasteiger partial charge on any atom is -0.507 e. The maximum absolute atomic E-state index is 14.4. The molecule has 2 aromatic carbocycles. The minimum absolute atomic E-state index is 0.0388. The van der Waals surface area contributed by atoms with Crippen molar-refractivity contribution >= 4 is 22.6 Å². The van der Waals surface area contributed by atoms with Crippen LogP contribution in [0, 0.1) is 5.82 Å². The van der Waals surface area contributed by atoms with Crippen LogP contribution in [0.2, 0.25) is 5.02 Å². The number of phenols is 2. The number of likely N-dealkylation sites (N-methyl/N-ethyl adjacent to an activating group) is 1. The molecule has 0 amide bonds.